The largest absolute Gasteiger partial charge is 0.472 e. The molecule has 1 amide bonds. The molecule has 0 fully saturated rings. The van der Waals surface area contributed by atoms with Crippen molar-refractivity contribution in [3.8, 4) is 11.1 Å². The summed E-state index contributed by atoms with van der Waals surface area (Å²) >= 11 is 5.39. The number of hydrogen-bond donors (Lipinski definition) is 1. The molecular weight excluding hydrogens is 469 g/mol. The lowest BCUT2D eigenvalue weighted by Crippen LogP contribution is -2.40. The summed E-state index contributed by atoms with van der Waals surface area (Å²) in [5, 5.41) is -1.16. The Hall–Kier alpha value is -2.48. The summed E-state index contributed by atoms with van der Waals surface area (Å²) in [5.74, 6) is -17.5. The first-order valence-corrected chi connectivity index (χ1v) is 8.60. The first-order valence-electron chi connectivity index (χ1n) is 6.74. The van der Waals surface area contributed by atoms with Crippen LogP contribution in [0.25, 0.3) is 11.1 Å². The first kappa shape index (κ1) is 22.8. The summed E-state index contributed by atoms with van der Waals surface area (Å²) in [6.07, 6.45) is -5.68. The number of benzene rings is 2. The fourth-order valence-electron chi connectivity index (χ4n) is 2.00. The molecule has 0 spiro atoms. The molecule has 0 aliphatic carbocycles. The van der Waals surface area contributed by atoms with Crippen molar-refractivity contribution in [3.63, 3.8) is 0 Å². The monoisotopic (exact) mass is 471 g/mol. The predicted octanol–water partition coefficient (Wildman–Crippen LogP) is 4.21. The molecule has 2 aromatic rings. The summed E-state index contributed by atoms with van der Waals surface area (Å²) in [7, 11) is -5.50. The fourth-order valence-corrected chi connectivity index (χ4v) is 3.52. The van der Waals surface area contributed by atoms with Gasteiger partial charge in [0.05, 0.1) is 10.6 Å². The van der Waals surface area contributed by atoms with E-state index in [1.54, 1.807) is 0 Å². The average Bonchev–Trinajstić information content (AvgIpc) is 2.58. The lowest BCUT2D eigenvalue weighted by Gasteiger charge is -2.14. The van der Waals surface area contributed by atoms with Crippen molar-refractivity contribution < 1.29 is 52.7 Å². The second-order valence-electron chi connectivity index (χ2n) is 5.14. The molecule has 2 rings (SSSR count). The molecule has 0 heterocycles. The number of amides is 1. The van der Waals surface area contributed by atoms with Crippen LogP contribution >= 0.6 is 11.6 Å². The normalized spacial score (nSPS) is 12.2. The third-order valence-corrected chi connectivity index (χ3v) is 5.07. The number of alkyl halides is 3. The molecule has 0 aliphatic heterocycles. The highest BCUT2D eigenvalue weighted by Gasteiger charge is 2.42. The molecule has 158 valence electrons. The topological polar surface area (TPSA) is 63.2 Å². The van der Waals surface area contributed by atoms with Gasteiger partial charge in [0, 0.05) is 5.56 Å². The van der Waals surface area contributed by atoms with Crippen molar-refractivity contribution in [2.75, 3.05) is 0 Å². The van der Waals surface area contributed by atoms with Crippen LogP contribution in [-0.4, -0.2) is 20.5 Å². The number of sulfonamides is 1. The van der Waals surface area contributed by atoms with Gasteiger partial charge in [-0.25, -0.2) is 39.5 Å². The van der Waals surface area contributed by atoms with Gasteiger partial charge in [0.15, 0.2) is 23.3 Å². The van der Waals surface area contributed by atoms with Crippen molar-refractivity contribution in [2.24, 2.45) is 0 Å². The first-order chi connectivity index (χ1) is 13.1. The van der Waals surface area contributed by atoms with Crippen LogP contribution in [0.1, 0.15) is 0 Å². The van der Waals surface area contributed by atoms with E-state index in [1.165, 1.54) is 0 Å². The summed E-state index contributed by atoms with van der Waals surface area (Å²) in [6, 6.07) is -0.0660. The lowest BCUT2D eigenvalue weighted by atomic mass is 10.0. The summed E-state index contributed by atoms with van der Waals surface area (Å²) in [6.45, 7) is 0. The molecule has 1 N–H and O–H groups in total. The minimum atomic E-state index is -5.68. The van der Waals surface area contributed by atoms with Gasteiger partial charge in [-0.15, -0.1) is 0 Å². The molecule has 0 aromatic heterocycles. The highest BCUT2D eigenvalue weighted by atomic mass is 35.5. The number of carbonyl (C=O) groups excluding carboxylic acids is 1. The van der Waals surface area contributed by atoms with Crippen LogP contribution in [0.2, 0.25) is 5.02 Å². The Morgan fingerprint density at radius 3 is 1.76 bits per heavy atom. The van der Waals surface area contributed by atoms with Crippen LogP contribution in [0.15, 0.2) is 17.0 Å². The highest BCUT2D eigenvalue weighted by molar-refractivity contribution is 7.90. The van der Waals surface area contributed by atoms with Crippen LogP contribution in [0.4, 0.5) is 39.5 Å². The van der Waals surface area contributed by atoms with Crippen molar-refractivity contribution >= 4 is 27.5 Å². The maximum atomic E-state index is 14.1. The lowest BCUT2D eigenvalue weighted by molar-refractivity contribution is -0.171. The number of halogens is 10. The second-order valence-corrected chi connectivity index (χ2v) is 7.20. The number of rotatable bonds is 3. The molecule has 0 bridgehead atoms. The molecule has 0 atom stereocenters. The number of hydrogen-bond acceptors (Lipinski definition) is 3. The number of nitrogens with one attached hydrogen (secondary N) is 1. The molecule has 4 nitrogen and oxygen atoms in total. The van der Waals surface area contributed by atoms with Crippen LogP contribution < -0.4 is 4.72 Å². The van der Waals surface area contributed by atoms with E-state index in [-0.39, 0.29) is 12.1 Å². The molecule has 0 saturated heterocycles. The molecule has 29 heavy (non-hydrogen) atoms. The van der Waals surface area contributed by atoms with Crippen LogP contribution in [0, 0.1) is 34.9 Å². The summed E-state index contributed by atoms with van der Waals surface area (Å²) < 4.78 is 143. The van der Waals surface area contributed by atoms with Crippen LogP contribution in [0.5, 0.6) is 0 Å². The Morgan fingerprint density at radius 1 is 0.862 bits per heavy atom. The molecule has 0 radical (unpaired) electrons. The van der Waals surface area contributed by atoms with E-state index in [9.17, 15) is 52.7 Å². The van der Waals surface area contributed by atoms with Crippen LogP contribution in [-0.2, 0) is 14.8 Å². The zero-order valence-corrected chi connectivity index (χ0v) is 14.6. The van der Waals surface area contributed by atoms with Crippen molar-refractivity contribution in [2.45, 2.75) is 11.1 Å². The van der Waals surface area contributed by atoms with Gasteiger partial charge in [-0.3, -0.25) is 4.79 Å². The van der Waals surface area contributed by atoms with E-state index in [2.05, 4.69) is 0 Å². The van der Waals surface area contributed by atoms with Crippen LogP contribution in [0.3, 0.4) is 0 Å². The molecular formula is C14H3ClF9NO3S. The Kier molecular flexibility index (Phi) is 5.82. The average molecular weight is 472 g/mol. The standard InChI is InChI=1S/C14H3ClF9NO3S/c15-4-2-5(16)3(7-8(17)10(19)12(21)11(20)9(7)18)1-6(4)29(27,28)25-13(26)14(22,23)24/h1-2H,(H,25,26). The van der Waals surface area contributed by atoms with Gasteiger partial charge < -0.3 is 0 Å². The van der Waals surface area contributed by atoms with Crippen molar-refractivity contribution in [1.82, 2.24) is 4.72 Å². The van der Waals surface area contributed by atoms with Gasteiger partial charge in [0.2, 0.25) is 5.82 Å². The maximum absolute atomic E-state index is 14.1. The van der Waals surface area contributed by atoms with Gasteiger partial charge in [0.25, 0.3) is 10.0 Å². The molecule has 0 saturated carbocycles. The van der Waals surface area contributed by atoms with Gasteiger partial charge in [-0.1, -0.05) is 11.6 Å². The Morgan fingerprint density at radius 2 is 1.31 bits per heavy atom. The smallest absolute Gasteiger partial charge is 0.263 e. The minimum absolute atomic E-state index is 0.0293. The molecule has 0 unspecified atom stereocenters. The molecule has 15 heteroatoms. The van der Waals surface area contributed by atoms with Gasteiger partial charge in [-0.05, 0) is 12.1 Å². The Labute approximate surface area is 159 Å². The zero-order valence-electron chi connectivity index (χ0n) is 13.1. The van der Waals surface area contributed by atoms with Gasteiger partial charge >= 0.3 is 12.1 Å². The van der Waals surface area contributed by atoms with E-state index >= 15 is 0 Å². The second kappa shape index (κ2) is 7.40. The Balaban J connectivity index is 2.77. The summed E-state index contributed by atoms with van der Waals surface area (Å²) in [4.78, 5) is 9.33. The SMILES string of the molecule is O=C(NS(=O)(=O)c1cc(-c2c(F)c(F)c(F)c(F)c2F)c(F)cc1Cl)C(F)(F)F. The predicted molar refractivity (Wildman–Crippen MR) is 78.0 cm³/mol. The van der Waals surface area contributed by atoms with E-state index in [4.69, 9.17) is 11.6 Å². The van der Waals surface area contributed by atoms with Crippen molar-refractivity contribution in [3.05, 3.63) is 52.1 Å². The minimum Gasteiger partial charge on any atom is -0.263 e. The van der Waals surface area contributed by atoms with E-state index in [0.717, 1.165) is 0 Å². The quantitative estimate of drug-likeness (QED) is 0.414. The zero-order chi connectivity index (χ0) is 22.5. The molecule has 0 aliphatic rings. The van der Waals surface area contributed by atoms with Crippen molar-refractivity contribution in [1.29, 1.82) is 0 Å². The fraction of sp³-hybridized carbons (Fsp3) is 0.0714. The third-order valence-electron chi connectivity index (χ3n) is 3.27. The maximum Gasteiger partial charge on any atom is 0.472 e. The van der Waals surface area contributed by atoms with E-state index in [0.29, 0.717) is 4.72 Å². The Bertz CT molecular complexity index is 1100. The van der Waals surface area contributed by atoms with Gasteiger partial charge in [-0.2, -0.15) is 13.2 Å². The third kappa shape index (κ3) is 4.12. The highest BCUT2D eigenvalue weighted by Crippen LogP contribution is 2.36. The number of carbonyl (C=O) groups is 1. The summed E-state index contributed by atoms with van der Waals surface area (Å²) in [5.41, 5.74) is -3.45. The van der Waals surface area contributed by atoms with E-state index < -0.39 is 78.1 Å². The van der Waals surface area contributed by atoms with Gasteiger partial charge in [0.1, 0.15) is 10.7 Å². The van der Waals surface area contributed by atoms with E-state index in [1.807, 2.05) is 0 Å². The molecule has 2 aromatic carbocycles.